The average Bonchev–Trinajstić information content (AvgIpc) is 2.78. The highest BCUT2D eigenvalue weighted by molar-refractivity contribution is 5.87. The van der Waals surface area contributed by atoms with Gasteiger partial charge < -0.3 is 5.11 Å². The first kappa shape index (κ1) is 12.1. The molecule has 0 amide bonds. The maximum Gasteiger partial charge on any atom is 0.338 e. The Balaban J connectivity index is 1.97. The van der Waals surface area contributed by atoms with Crippen LogP contribution >= 0.6 is 0 Å². The second-order valence-corrected chi connectivity index (χ2v) is 4.81. The highest BCUT2D eigenvalue weighted by Crippen LogP contribution is 2.28. The molecule has 0 spiro atoms. The summed E-state index contributed by atoms with van der Waals surface area (Å²) in [6, 6.07) is 4.45. The van der Waals surface area contributed by atoms with E-state index in [0.29, 0.717) is 0 Å². The Labute approximate surface area is 100 Å². The van der Waals surface area contributed by atoms with Crippen LogP contribution in [0.15, 0.2) is 18.2 Å². The Bertz CT molecular complexity index is 409. The van der Waals surface area contributed by atoms with Gasteiger partial charge in [0.2, 0.25) is 0 Å². The number of carbonyl (C=O) groups is 1. The smallest absolute Gasteiger partial charge is 0.338 e. The average molecular weight is 236 g/mol. The van der Waals surface area contributed by atoms with Gasteiger partial charge in [-0.25, -0.2) is 9.18 Å². The van der Waals surface area contributed by atoms with Crippen molar-refractivity contribution in [1.82, 2.24) is 0 Å². The van der Waals surface area contributed by atoms with Crippen LogP contribution in [-0.2, 0) is 6.42 Å². The van der Waals surface area contributed by atoms with Crippen LogP contribution in [0.2, 0.25) is 0 Å². The lowest BCUT2D eigenvalue weighted by Gasteiger charge is -2.09. The van der Waals surface area contributed by atoms with E-state index < -0.39 is 11.8 Å². The molecule has 0 unspecified atom stereocenters. The van der Waals surface area contributed by atoms with Crippen molar-refractivity contribution in [2.45, 2.75) is 38.5 Å². The van der Waals surface area contributed by atoms with E-state index in [1.54, 1.807) is 6.07 Å². The van der Waals surface area contributed by atoms with Gasteiger partial charge in [0.1, 0.15) is 5.82 Å². The maximum atomic E-state index is 13.4. The van der Waals surface area contributed by atoms with Gasteiger partial charge in [-0.1, -0.05) is 31.7 Å². The first-order chi connectivity index (χ1) is 8.16. The lowest BCUT2D eigenvalue weighted by Crippen LogP contribution is -2.02. The van der Waals surface area contributed by atoms with Crippen LogP contribution in [0.3, 0.4) is 0 Å². The molecule has 1 aromatic carbocycles. The first-order valence-corrected chi connectivity index (χ1v) is 6.18. The molecule has 0 radical (unpaired) electrons. The summed E-state index contributed by atoms with van der Waals surface area (Å²) in [7, 11) is 0. The largest absolute Gasteiger partial charge is 0.478 e. The van der Waals surface area contributed by atoms with Crippen LogP contribution in [0.25, 0.3) is 0 Å². The molecule has 1 N–H and O–H groups in total. The molecule has 1 saturated carbocycles. The Morgan fingerprint density at radius 1 is 1.35 bits per heavy atom. The molecule has 0 heterocycles. The fourth-order valence-electron chi connectivity index (χ4n) is 2.56. The molecule has 92 valence electrons. The molecular weight excluding hydrogens is 219 g/mol. The summed E-state index contributed by atoms with van der Waals surface area (Å²) in [6.45, 7) is 0. The van der Waals surface area contributed by atoms with Gasteiger partial charge in [-0.3, -0.25) is 0 Å². The summed E-state index contributed by atoms with van der Waals surface area (Å²) in [5, 5.41) is 8.72. The van der Waals surface area contributed by atoms with Gasteiger partial charge in [0.15, 0.2) is 0 Å². The molecule has 3 heteroatoms. The fraction of sp³-hybridized carbons (Fsp3) is 0.500. The summed E-state index contributed by atoms with van der Waals surface area (Å²) in [6.07, 6.45) is 7.15. The first-order valence-electron chi connectivity index (χ1n) is 6.18. The van der Waals surface area contributed by atoms with Crippen molar-refractivity contribution < 1.29 is 14.3 Å². The van der Waals surface area contributed by atoms with E-state index in [2.05, 4.69) is 0 Å². The van der Waals surface area contributed by atoms with E-state index in [-0.39, 0.29) is 5.56 Å². The molecular formula is C14H17FO2. The van der Waals surface area contributed by atoms with Gasteiger partial charge in [0.05, 0.1) is 5.56 Å². The molecule has 0 aliphatic heterocycles. The predicted molar refractivity (Wildman–Crippen MR) is 63.6 cm³/mol. The van der Waals surface area contributed by atoms with E-state index in [9.17, 15) is 9.18 Å². The van der Waals surface area contributed by atoms with E-state index in [4.69, 9.17) is 5.11 Å². The summed E-state index contributed by atoms with van der Waals surface area (Å²) >= 11 is 0. The Hall–Kier alpha value is -1.38. The lowest BCUT2D eigenvalue weighted by atomic mass is 9.97. The van der Waals surface area contributed by atoms with Gasteiger partial charge in [-0.2, -0.15) is 0 Å². The van der Waals surface area contributed by atoms with Gasteiger partial charge in [-0.05, 0) is 36.5 Å². The van der Waals surface area contributed by atoms with Crippen molar-refractivity contribution in [2.24, 2.45) is 5.92 Å². The van der Waals surface area contributed by atoms with Crippen LogP contribution in [0.1, 0.15) is 48.0 Å². The van der Waals surface area contributed by atoms with Crippen LogP contribution < -0.4 is 0 Å². The van der Waals surface area contributed by atoms with Crippen molar-refractivity contribution in [3.8, 4) is 0 Å². The molecule has 1 fully saturated rings. The van der Waals surface area contributed by atoms with Crippen LogP contribution in [0.5, 0.6) is 0 Å². The van der Waals surface area contributed by atoms with Gasteiger partial charge in [0, 0.05) is 0 Å². The highest BCUT2D eigenvalue weighted by atomic mass is 19.1. The van der Waals surface area contributed by atoms with E-state index in [0.717, 1.165) is 24.3 Å². The highest BCUT2D eigenvalue weighted by Gasteiger charge is 2.15. The zero-order chi connectivity index (χ0) is 12.3. The normalized spacial score (nSPS) is 16.3. The number of halogens is 1. The van der Waals surface area contributed by atoms with Gasteiger partial charge >= 0.3 is 5.97 Å². The molecule has 0 saturated heterocycles. The van der Waals surface area contributed by atoms with Crippen molar-refractivity contribution in [3.63, 3.8) is 0 Å². The minimum Gasteiger partial charge on any atom is -0.478 e. The lowest BCUT2D eigenvalue weighted by molar-refractivity contribution is 0.0692. The number of aryl methyl sites for hydroxylation is 1. The number of carboxylic acid groups (broad SMARTS) is 1. The van der Waals surface area contributed by atoms with Crippen molar-refractivity contribution in [1.29, 1.82) is 0 Å². The maximum absolute atomic E-state index is 13.4. The van der Waals surface area contributed by atoms with E-state index in [1.165, 1.54) is 37.8 Å². The molecule has 2 rings (SSSR count). The second-order valence-electron chi connectivity index (χ2n) is 4.81. The standard InChI is InChI=1S/C14H17FO2/c15-13-9-11(7-8-12(13)14(16)17)6-5-10-3-1-2-4-10/h7-10H,1-6H2,(H,16,17). The SMILES string of the molecule is O=C(O)c1ccc(CCC2CCCC2)cc1F. The third-order valence-corrected chi connectivity index (χ3v) is 3.58. The number of aromatic carboxylic acids is 1. The van der Waals surface area contributed by atoms with E-state index >= 15 is 0 Å². The second kappa shape index (κ2) is 5.30. The zero-order valence-electron chi connectivity index (χ0n) is 9.79. The monoisotopic (exact) mass is 236 g/mol. The molecule has 2 nitrogen and oxygen atoms in total. The van der Waals surface area contributed by atoms with Crippen LogP contribution in [0, 0.1) is 11.7 Å². The molecule has 0 atom stereocenters. The van der Waals surface area contributed by atoms with E-state index in [1.807, 2.05) is 0 Å². The van der Waals surface area contributed by atoms with Gasteiger partial charge in [-0.15, -0.1) is 0 Å². The number of hydrogen-bond donors (Lipinski definition) is 1. The van der Waals surface area contributed by atoms with Crippen molar-refractivity contribution in [2.75, 3.05) is 0 Å². The third-order valence-electron chi connectivity index (χ3n) is 3.58. The van der Waals surface area contributed by atoms with Crippen molar-refractivity contribution in [3.05, 3.63) is 35.1 Å². The zero-order valence-corrected chi connectivity index (χ0v) is 9.79. The number of hydrogen-bond acceptors (Lipinski definition) is 1. The third kappa shape index (κ3) is 3.05. The quantitative estimate of drug-likeness (QED) is 0.866. The van der Waals surface area contributed by atoms with Crippen molar-refractivity contribution >= 4 is 5.97 Å². The number of rotatable bonds is 4. The fourth-order valence-corrected chi connectivity index (χ4v) is 2.56. The Morgan fingerprint density at radius 3 is 2.65 bits per heavy atom. The topological polar surface area (TPSA) is 37.3 Å². The van der Waals surface area contributed by atoms with Crippen LogP contribution in [-0.4, -0.2) is 11.1 Å². The number of benzene rings is 1. The molecule has 1 aliphatic carbocycles. The molecule has 17 heavy (non-hydrogen) atoms. The molecule has 1 aliphatic rings. The minimum atomic E-state index is -1.20. The molecule has 0 bridgehead atoms. The summed E-state index contributed by atoms with van der Waals surface area (Å²) in [4.78, 5) is 10.7. The predicted octanol–water partition coefficient (Wildman–Crippen LogP) is 3.65. The number of carboxylic acids is 1. The van der Waals surface area contributed by atoms with Gasteiger partial charge in [0.25, 0.3) is 0 Å². The van der Waals surface area contributed by atoms with Crippen LogP contribution in [0.4, 0.5) is 4.39 Å². The molecule has 1 aromatic rings. The minimum absolute atomic E-state index is 0.241. The summed E-state index contributed by atoms with van der Waals surface area (Å²) < 4.78 is 13.4. The Kier molecular flexibility index (Phi) is 3.77. The summed E-state index contributed by atoms with van der Waals surface area (Å²) in [5.41, 5.74) is 0.661. The Morgan fingerprint density at radius 2 is 2.06 bits per heavy atom. The summed E-state index contributed by atoms with van der Waals surface area (Å²) in [5.74, 6) is -1.05. The molecule has 0 aromatic heterocycles.